The Kier molecular flexibility index (Phi) is 6.29. The molecule has 2 aromatic rings. The normalized spacial score (nSPS) is 11.6. The summed E-state index contributed by atoms with van der Waals surface area (Å²) in [6.45, 7) is 0. The van der Waals surface area contributed by atoms with Gasteiger partial charge in [-0.3, -0.25) is 4.79 Å². The second kappa shape index (κ2) is 8.25. The zero-order chi connectivity index (χ0) is 19.3. The van der Waals surface area contributed by atoms with Gasteiger partial charge in [-0.15, -0.1) is 0 Å². The molecule has 2 rings (SSSR count). The quantitative estimate of drug-likeness (QED) is 0.478. The van der Waals surface area contributed by atoms with Crippen LogP contribution in [0.2, 0.25) is 5.02 Å². The summed E-state index contributed by atoms with van der Waals surface area (Å²) in [6.07, 6.45) is -3.50. The van der Waals surface area contributed by atoms with E-state index < -0.39 is 22.7 Å². The van der Waals surface area contributed by atoms with Crippen molar-refractivity contribution in [2.75, 3.05) is 10.6 Å². The van der Waals surface area contributed by atoms with Crippen LogP contribution < -0.4 is 10.6 Å². The van der Waals surface area contributed by atoms with Gasteiger partial charge in [0.15, 0.2) is 0 Å². The highest BCUT2D eigenvalue weighted by Gasteiger charge is 2.33. The number of rotatable bonds is 4. The predicted molar refractivity (Wildman–Crippen MR) is 96.5 cm³/mol. The molecular formula is C17H10BrClF3N3O. The number of nitrogens with zero attached hydrogens (tertiary/aromatic N) is 1. The minimum absolute atomic E-state index is 0.131. The van der Waals surface area contributed by atoms with Crippen LogP contribution in [0.25, 0.3) is 0 Å². The van der Waals surface area contributed by atoms with E-state index in [1.807, 2.05) is 0 Å². The maximum atomic E-state index is 12.9. The molecule has 0 radical (unpaired) electrons. The van der Waals surface area contributed by atoms with Gasteiger partial charge in [-0.25, -0.2) is 0 Å². The summed E-state index contributed by atoms with van der Waals surface area (Å²) in [5.41, 5.74) is -0.914. The molecular weight excluding hydrogens is 435 g/mol. The highest BCUT2D eigenvalue weighted by molar-refractivity contribution is 9.10. The molecule has 0 bridgehead atoms. The minimum Gasteiger partial charge on any atom is -0.359 e. The molecule has 2 aromatic carbocycles. The Labute approximate surface area is 160 Å². The summed E-state index contributed by atoms with van der Waals surface area (Å²) in [7, 11) is 0. The summed E-state index contributed by atoms with van der Waals surface area (Å²) in [6, 6.07) is 11.6. The van der Waals surface area contributed by atoms with Gasteiger partial charge >= 0.3 is 6.18 Å². The number of anilines is 2. The third-order valence-corrected chi connectivity index (χ3v) is 4.16. The number of nitriles is 1. The lowest BCUT2D eigenvalue weighted by Gasteiger charge is -2.11. The van der Waals surface area contributed by atoms with Crippen molar-refractivity contribution in [3.8, 4) is 6.07 Å². The lowest BCUT2D eigenvalue weighted by Crippen LogP contribution is -2.15. The average Bonchev–Trinajstić information content (AvgIpc) is 2.57. The molecule has 26 heavy (non-hydrogen) atoms. The monoisotopic (exact) mass is 443 g/mol. The number of benzene rings is 2. The van der Waals surface area contributed by atoms with Crippen molar-refractivity contribution >= 4 is 44.8 Å². The Morgan fingerprint density at radius 1 is 1.23 bits per heavy atom. The Bertz CT molecular complexity index is 907. The highest BCUT2D eigenvalue weighted by atomic mass is 79.9. The lowest BCUT2D eigenvalue weighted by atomic mass is 10.2. The van der Waals surface area contributed by atoms with Gasteiger partial charge in [-0.2, -0.15) is 18.4 Å². The van der Waals surface area contributed by atoms with E-state index in [0.29, 0.717) is 16.2 Å². The first-order valence-electron chi connectivity index (χ1n) is 7.02. The van der Waals surface area contributed by atoms with Crippen LogP contribution in [0.15, 0.2) is 58.7 Å². The van der Waals surface area contributed by atoms with Gasteiger partial charge in [0.2, 0.25) is 0 Å². The second-order valence-corrected chi connectivity index (χ2v) is 6.20. The predicted octanol–water partition coefficient (Wildman–Crippen LogP) is 5.58. The summed E-state index contributed by atoms with van der Waals surface area (Å²) >= 11 is 8.83. The van der Waals surface area contributed by atoms with E-state index in [0.717, 1.165) is 12.3 Å². The summed E-state index contributed by atoms with van der Waals surface area (Å²) in [5.74, 6) is -0.859. The number of amides is 1. The van der Waals surface area contributed by atoms with Gasteiger partial charge in [0.1, 0.15) is 11.6 Å². The van der Waals surface area contributed by atoms with Crippen LogP contribution in [-0.4, -0.2) is 5.91 Å². The van der Waals surface area contributed by atoms with E-state index in [9.17, 15) is 18.0 Å². The standard InChI is InChI=1S/C17H10BrClF3N3O/c18-13-3-1-2-4-15(13)24-9-10(8-23)16(26)25-11-5-6-14(19)12(7-11)17(20,21)22/h1-7,9,24H,(H,25,26)/b10-9-. The molecule has 0 saturated carbocycles. The highest BCUT2D eigenvalue weighted by Crippen LogP contribution is 2.36. The van der Waals surface area contributed by atoms with E-state index in [1.165, 1.54) is 6.07 Å². The summed E-state index contributed by atoms with van der Waals surface area (Å²) in [4.78, 5) is 12.1. The van der Waals surface area contributed by atoms with Crippen molar-refractivity contribution in [1.82, 2.24) is 0 Å². The Balaban J connectivity index is 2.19. The Hall–Kier alpha value is -2.50. The molecule has 0 unspecified atom stereocenters. The molecule has 0 aromatic heterocycles. The largest absolute Gasteiger partial charge is 0.417 e. The smallest absolute Gasteiger partial charge is 0.359 e. The molecule has 9 heteroatoms. The van der Waals surface area contributed by atoms with Gasteiger partial charge in [0, 0.05) is 16.4 Å². The number of para-hydroxylation sites is 1. The first-order valence-corrected chi connectivity index (χ1v) is 8.19. The SMILES string of the molecule is N#C/C(=C/Nc1ccccc1Br)C(=O)Nc1ccc(Cl)c(C(F)(F)F)c1. The van der Waals surface area contributed by atoms with E-state index in [4.69, 9.17) is 16.9 Å². The molecule has 0 aliphatic carbocycles. The van der Waals surface area contributed by atoms with Crippen molar-refractivity contribution in [3.63, 3.8) is 0 Å². The topological polar surface area (TPSA) is 64.9 Å². The van der Waals surface area contributed by atoms with Crippen molar-refractivity contribution in [3.05, 3.63) is 69.3 Å². The van der Waals surface area contributed by atoms with Crippen LogP contribution in [0.1, 0.15) is 5.56 Å². The molecule has 4 nitrogen and oxygen atoms in total. The number of carbonyl (C=O) groups excluding carboxylic acids is 1. The maximum Gasteiger partial charge on any atom is 0.417 e. The van der Waals surface area contributed by atoms with Crippen LogP contribution in [0.4, 0.5) is 24.5 Å². The van der Waals surface area contributed by atoms with Crippen LogP contribution in [0.5, 0.6) is 0 Å². The van der Waals surface area contributed by atoms with E-state index in [-0.39, 0.29) is 11.3 Å². The molecule has 0 fully saturated rings. The van der Waals surface area contributed by atoms with Crippen LogP contribution in [0.3, 0.4) is 0 Å². The molecule has 0 saturated heterocycles. The molecule has 2 N–H and O–H groups in total. The molecule has 134 valence electrons. The van der Waals surface area contributed by atoms with Crippen molar-refractivity contribution in [2.24, 2.45) is 0 Å². The zero-order valence-electron chi connectivity index (χ0n) is 12.9. The number of hydrogen-bond acceptors (Lipinski definition) is 3. The number of halogens is 5. The van der Waals surface area contributed by atoms with Gasteiger partial charge in [0.05, 0.1) is 16.3 Å². The molecule has 0 heterocycles. The second-order valence-electron chi connectivity index (χ2n) is 4.94. The van der Waals surface area contributed by atoms with Crippen LogP contribution >= 0.6 is 27.5 Å². The molecule has 1 amide bonds. The van der Waals surface area contributed by atoms with Gasteiger partial charge < -0.3 is 10.6 Å². The minimum atomic E-state index is -4.66. The van der Waals surface area contributed by atoms with Crippen molar-refractivity contribution in [2.45, 2.75) is 6.18 Å². The first kappa shape index (κ1) is 19.8. The molecule has 0 atom stereocenters. The van der Waals surface area contributed by atoms with Crippen molar-refractivity contribution < 1.29 is 18.0 Å². The number of hydrogen-bond donors (Lipinski definition) is 2. The van der Waals surface area contributed by atoms with Gasteiger partial charge in [-0.1, -0.05) is 23.7 Å². The first-order chi connectivity index (χ1) is 12.2. The third kappa shape index (κ3) is 5.00. The van der Waals surface area contributed by atoms with Crippen LogP contribution in [-0.2, 0) is 11.0 Å². The Morgan fingerprint density at radius 3 is 2.54 bits per heavy atom. The number of carbonyl (C=O) groups is 1. The van der Waals surface area contributed by atoms with E-state index in [2.05, 4.69) is 26.6 Å². The van der Waals surface area contributed by atoms with E-state index in [1.54, 1.807) is 30.3 Å². The van der Waals surface area contributed by atoms with Gasteiger partial charge in [0.25, 0.3) is 5.91 Å². The zero-order valence-corrected chi connectivity index (χ0v) is 15.2. The molecule has 0 aliphatic rings. The lowest BCUT2D eigenvalue weighted by molar-refractivity contribution is -0.137. The fraction of sp³-hybridized carbons (Fsp3) is 0.0588. The molecule has 0 aliphatic heterocycles. The maximum absolute atomic E-state index is 12.9. The fourth-order valence-corrected chi connectivity index (χ4v) is 2.52. The number of nitrogens with one attached hydrogen (secondary N) is 2. The fourth-order valence-electron chi connectivity index (χ4n) is 1.90. The molecule has 0 spiro atoms. The number of alkyl halides is 3. The Morgan fingerprint density at radius 2 is 1.92 bits per heavy atom. The summed E-state index contributed by atoms with van der Waals surface area (Å²) < 4.78 is 39.3. The van der Waals surface area contributed by atoms with Gasteiger partial charge in [-0.05, 0) is 46.3 Å². The third-order valence-electron chi connectivity index (χ3n) is 3.14. The van der Waals surface area contributed by atoms with Crippen molar-refractivity contribution in [1.29, 1.82) is 5.26 Å². The van der Waals surface area contributed by atoms with E-state index >= 15 is 0 Å². The van der Waals surface area contributed by atoms with Crippen LogP contribution in [0, 0.1) is 11.3 Å². The average molecular weight is 445 g/mol. The summed E-state index contributed by atoms with van der Waals surface area (Å²) in [5, 5.41) is 13.7.